The molecule has 1 saturated heterocycles. The maximum absolute atomic E-state index is 12.2. The Labute approximate surface area is 262 Å². The van der Waals surface area contributed by atoms with Crippen molar-refractivity contribution in [2.24, 2.45) is 5.41 Å². The van der Waals surface area contributed by atoms with Gasteiger partial charge in [-0.05, 0) is 71.8 Å². The van der Waals surface area contributed by atoms with Gasteiger partial charge in [0, 0.05) is 32.7 Å². The van der Waals surface area contributed by atoms with Gasteiger partial charge < -0.3 is 23.7 Å². The molecule has 2 aromatic rings. The van der Waals surface area contributed by atoms with Gasteiger partial charge in [0.05, 0.1) is 0 Å². The van der Waals surface area contributed by atoms with Crippen LogP contribution >= 0.6 is 11.6 Å². The molecule has 0 radical (unpaired) electrons. The molecule has 0 N–H and O–H groups in total. The van der Waals surface area contributed by atoms with Crippen LogP contribution in [0.5, 0.6) is 0 Å². The minimum Gasteiger partial charge on any atom is -0.463 e. The summed E-state index contributed by atoms with van der Waals surface area (Å²) in [5, 5.41) is 0.550. The van der Waals surface area contributed by atoms with Gasteiger partial charge in [-0.3, -0.25) is 19.2 Å². The third-order valence-corrected chi connectivity index (χ3v) is 9.38. The second-order valence-corrected chi connectivity index (χ2v) is 12.8. The third kappa shape index (κ3) is 7.26. The Morgan fingerprint density at radius 3 is 1.95 bits per heavy atom. The van der Waals surface area contributed by atoms with Gasteiger partial charge in [-0.25, -0.2) is 0 Å². The average molecular weight is 627 g/mol. The van der Waals surface area contributed by atoms with Gasteiger partial charge in [0.1, 0.15) is 18.8 Å². The Hall–Kier alpha value is -3.43. The van der Waals surface area contributed by atoms with E-state index >= 15 is 0 Å². The normalized spacial score (nSPS) is 25.7. The van der Waals surface area contributed by atoms with E-state index in [-0.39, 0.29) is 6.61 Å². The van der Waals surface area contributed by atoms with Crippen molar-refractivity contribution >= 4 is 35.5 Å². The molecule has 44 heavy (non-hydrogen) atoms. The smallest absolute Gasteiger partial charge is 0.303 e. The standard InChI is InChI=1S/C34H39ClO9/c1-19(36)40-18-29-31(41-20(2)37)33(43-22(4)39)32(42-21(3)38)30(44-29)25-10-11-28(35)26(15-25)14-23-6-8-24(9-7-23)27-16-34(17-27)12-5-13-34/h6-11,15,27,29-33H,5,12-14,16-18H2,1-4H3/t29-,30?,31-,32+,33+/m1/s1. The van der Waals surface area contributed by atoms with Gasteiger partial charge in [-0.2, -0.15) is 0 Å². The predicted octanol–water partition coefficient (Wildman–Crippen LogP) is 5.78. The fourth-order valence-electron chi connectivity index (χ4n) is 6.84. The molecule has 1 unspecified atom stereocenters. The summed E-state index contributed by atoms with van der Waals surface area (Å²) in [6, 6.07) is 14.0. The molecule has 1 heterocycles. The molecule has 0 aromatic heterocycles. The number of ether oxygens (including phenoxy) is 5. The molecule has 3 aliphatic rings. The highest BCUT2D eigenvalue weighted by Gasteiger charge is 2.52. The summed E-state index contributed by atoms with van der Waals surface area (Å²) in [5.74, 6) is -1.94. The molecule has 9 nitrogen and oxygen atoms in total. The molecule has 3 fully saturated rings. The van der Waals surface area contributed by atoms with E-state index in [1.165, 1.54) is 65.4 Å². The molecule has 2 aromatic carbocycles. The van der Waals surface area contributed by atoms with Crippen LogP contribution in [0.4, 0.5) is 0 Å². The third-order valence-electron chi connectivity index (χ3n) is 9.01. The SMILES string of the molecule is CC(=O)OC[C@H]1OC(c2ccc(Cl)c(Cc3ccc(C4CC5(CCC5)C4)cc3)c2)[C@H](OC(C)=O)[C@@H](OC(C)=O)[C@@H]1OC(C)=O. The molecule has 1 aliphatic heterocycles. The predicted molar refractivity (Wildman–Crippen MR) is 160 cm³/mol. The first kappa shape index (κ1) is 32.0. The average Bonchev–Trinajstić information content (AvgIpc) is 2.90. The molecule has 1 spiro atoms. The lowest BCUT2D eigenvalue weighted by molar-refractivity contribution is -0.254. The number of halogens is 1. The summed E-state index contributed by atoms with van der Waals surface area (Å²) in [7, 11) is 0. The fourth-order valence-corrected chi connectivity index (χ4v) is 7.02. The number of hydrogen-bond donors (Lipinski definition) is 0. The maximum Gasteiger partial charge on any atom is 0.303 e. The highest BCUT2D eigenvalue weighted by molar-refractivity contribution is 6.31. The van der Waals surface area contributed by atoms with Crippen molar-refractivity contribution in [1.29, 1.82) is 0 Å². The monoisotopic (exact) mass is 626 g/mol. The number of rotatable bonds is 9. The molecule has 10 heteroatoms. The van der Waals surface area contributed by atoms with E-state index in [1.54, 1.807) is 12.1 Å². The molecule has 0 amide bonds. The molecule has 236 valence electrons. The van der Waals surface area contributed by atoms with Crippen LogP contribution in [0.3, 0.4) is 0 Å². The first-order chi connectivity index (χ1) is 20.9. The minimum absolute atomic E-state index is 0.288. The Balaban J connectivity index is 1.42. The molecule has 5 rings (SSSR count). The molecular weight excluding hydrogens is 588 g/mol. The van der Waals surface area contributed by atoms with Gasteiger partial charge in [-0.1, -0.05) is 54.4 Å². The highest BCUT2D eigenvalue weighted by atomic mass is 35.5. The van der Waals surface area contributed by atoms with Crippen molar-refractivity contribution < 1.29 is 42.9 Å². The Morgan fingerprint density at radius 2 is 1.39 bits per heavy atom. The van der Waals surface area contributed by atoms with Gasteiger partial charge in [0.15, 0.2) is 18.3 Å². The van der Waals surface area contributed by atoms with Crippen LogP contribution in [-0.2, 0) is 49.3 Å². The fraction of sp³-hybridized carbons (Fsp3) is 0.529. The Morgan fingerprint density at radius 1 is 0.795 bits per heavy atom. The minimum atomic E-state index is -1.24. The number of carbonyl (C=O) groups is 4. The van der Waals surface area contributed by atoms with E-state index in [2.05, 4.69) is 24.3 Å². The van der Waals surface area contributed by atoms with Crippen LogP contribution in [0, 0.1) is 5.41 Å². The van der Waals surface area contributed by atoms with E-state index in [0.717, 1.165) is 11.1 Å². The van der Waals surface area contributed by atoms with Crippen molar-refractivity contribution in [3.63, 3.8) is 0 Å². The van der Waals surface area contributed by atoms with Gasteiger partial charge in [-0.15, -0.1) is 0 Å². The first-order valence-electron chi connectivity index (χ1n) is 15.1. The van der Waals surface area contributed by atoms with Crippen molar-refractivity contribution in [2.75, 3.05) is 6.61 Å². The van der Waals surface area contributed by atoms with Crippen LogP contribution in [0.1, 0.15) is 94.1 Å². The maximum atomic E-state index is 12.2. The molecule has 2 aliphatic carbocycles. The summed E-state index contributed by atoms with van der Waals surface area (Å²) < 4.78 is 28.3. The van der Waals surface area contributed by atoms with Crippen LogP contribution in [-0.4, -0.2) is 54.9 Å². The van der Waals surface area contributed by atoms with Gasteiger partial charge in [0.25, 0.3) is 0 Å². The lowest BCUT2D eigenvalue weighted by Crippen LogP contribution is -2.59. The van der Waals surface area contributed by atoms with Crippen LogP contribution in [0.2, 0.25) is 5.02 Å². The van der Waals surface area contributed by atoms with E-state index in [1.807, 2.05) is 6.07 Å². The van der Waals surface area contributed by atoms with Crippen molar-refractivity contribution in [3.05, 3.63) is 69.7 Å². The lowest BCUT2D eigenvalue weighted by atomic mass is 9.51. The topological polar surface area (TPSA) is 114 Å². The Bertz CT molecular complexity index is 1390. The zero-order valence-electron chi connectivity index (χ0n) is 25.5. The van der Waals surface area contributed by atoms with E-state index in [4.69, 9.17) is 35.3 Å². The summed E-state index contributed by atoms with van der Waals surface area (Å²) in [4.78, 5) is 48.1. The summed E-state index contributed by atoms with van der Waals surface area (Å²) >= 11 is 6.65. The van der Waals surface area contributed by atoms with E-state index in [9.17, 15) is 19.2 Å². The molecule has 5 atom stereocenters. The number of carbonyl (C=O) groups excluding carboxylic acids is 4. The quantitative estimate of drug-likeness (QED) is 0.252. The Kier molecular flexibility index (Phi) is 9.65. The summed E-state index contributed by atoms with van der Waals surface area (Å²) in [5.41, 5.74) is 4.50. The highest BCUT2D eigenvalue weighted by Crippen LogP contribution is 2.61. The summed E-state index contributed by atoms with van der Waals surface area (Å²) in [6.07, 6.45) is 1.61. The summed E-state index contributed by atoms with van der Waals surface area (Å²) in [6.45, 7) is 4.56. The van der Waals surface area contributed by atoms with Crippen LogP contribution in [0.15, 0.2) is 42.5 Å². The second kappa shape index (κ2) is 13.3. The van der Waals surface area contributed by atoms with Crippen LogP contribution in [0.25, 0.3) is 0 Å². The van der Waals surface area contributed by atoms with Gasteiger partial charge >= 0.3 is 23.9 Å². The van der Waals surface area contributed by atoms with Crippen molar-refractivity contribution in [2.45, 2.75) is 103 Å². The van der Waals surface area contributed by atoms with E-state index < -0.39 is 54.4 Å². The van der Waals surface area contributed by atoms with Crippen molar-refractivity contribution in [1.82, 2.24) is 0 Å². The molecule has 2 saturated carbocycles. The lowest BCUT2D eigenvalue weighted by Gasteiger charge is -2.54. The number of hydrogen-bond acceptors (Lipinski definition) is 9. The van der Waals surface area contributed by atoms with Crippen LogP contribution < -0.4 is 0 Å². The molecule has 0 bridgehead atoms. The number of esters is 4. The zero-order valence-corrected chi connectivity index (χ0v) is 26.3. The van der Waals surface area contributed by atoms with Gasteiger partial charge in [0.2, 0.25) is 0 Å². The van der Waals surface area contributed by atoms with Crippen molar-refractivity contribution in [3.8, 4) is 0 Å². The largest absolute Gasteiger partial charge is 0.463 e. The first-order valence-corrected chi connectivity index (χ1v) is 15.5. The molecular formula is C34H39ClO9. The van der Waals surface area contributed by atoms with E-state index in [0.29, 0.717) is 28.3 Å². The number of benzene rings is 2. The second-order valence-electron chi connectivity index (χ2n) is 12.3. The zero-order chi connectivity index (χ0) is 31.6.